The van der Waals surface area contributed by atoms with Crippen LogP contribution in [0.2, 0.25) is 0 Å². The van der Waals surface area contributed by atoms with E-state index in [1.54, 1.807) is 12.1 Å². The number of benzene rings is 2. The number of hydrogen-bond donors (Lipinski definition) is 0. The van der Waals surface area contributed by atoms with E-state index >= 15 is 0 Å². The van der Waals surface area contributed by atoms with Crippen molar-refractivity contribution in [3.63, 3.8) is 0 Å². The first-order valence-corrected chi connectivity index (χ1v) is 8.26. The number of azo groups is 1. The third kappa shape index (κ3) is 5.78. The van der Waals surface area contributed by atoms with Crippen molar-refractivity contribution >= 4 is 33.0 Å². The van der Waals surface area contributed by atoms with Crippen LogP contribution in [0.1, 0.15) is 12.8 Å². The lowest BCUT2D eigenvalue weighted by Crippen LogP contribution is -1.96. The number of unbranched alkanes of at least 4 members (excludes halogenated alkanes) is 1. The molecule has 120 valence electrons. The summed E-state index contributed by atoms with van der Waals surface area (Å²) in [6.45, 7) is 0.690. The van der Waals surface area contributed by atoms with Gasteiger partial charge in [0.25, 0.3) is 5.69 Å². The van der Waals surface area contributed by atoms with Crippen LogP contribution in [0.5, 0.6) is 5.75 Å². The van der Waals surface area contributed by atoms with Crippen LogP contribution in [-0.2, 0) is 0 Å². The summed E-state index contributed by atoms with van der Waals surface area (Å²) in [5.74, 6) is 0.800. The highest BCUT2D eigenvalue weighted by atomic mass is 79.9. The van der Waals surface area contributed by atoms with Gasteiger partial charge < -0.3 is 4.74 Å². The maximum atomic E-state index is 10.6. The number of non-ortho nitro benzene ring substituents is 1. The number of hydrogen-bond acceptors (Lipinski definition) is 5. The zero-order valence-corrected chi connectivity index (χ0v) is 14.0. The molecule has 0 radical (unpaired) electrons. The van der Waals surface area contributed by atoms with E-state index in [-0.39, 0.29) is 5.69 Å². The zero-order valence-electron chi connectivity index (χ0n) is 12.4. The van der Waals surface area contributed by atoms with Crippen LogP contribution in [0.15, 0.2) is 58.8 Å². The molecule has 2 rings (SSSR count). The molecule has 7 heteroatoms. The Labute approximate surface area is 142 Å². The number of halogens is 1. The van der Waals surface area contributed by atoms with Gasteiger partial charge >= 0.3 is 0 Å². The second-order valence-corrected chi connectivity index (χ2v) is 5.50. The van der Waals surface area contributed by atoms with E-state index in [4.69, 9.17) is 4.74 Å². The highest BCUT2D eigenvalue weighted by molar-refractivity contribution is 9.09. The maximum absolute atomic E-state index is 10.6. The lowest BCUT2D eigenvalue weighted by atomic mass is 10.3. The molecule has 6 nitrogen and oxygen atoms in total. The number of ether oxygens (including phenoxy) is 1. The Bertz CT molecular complexity index is 657. The molecule has 0 amide bonds. The van der Waals surface area contributed by atoms with Gasteiger partial charge in [-0.2, -0.15) is 10.2 Å². The standard InChI is InChI=1S/C16H16BrN3O3/c17-11-1-2-12-23-16-9-5-14(6-10-16)19-18-13-3-7-15(8-4-13)20(21)22/h3-10H,1-2,11-12H2. The van der Waals surface area contributed by atoms with Crippen molar-refractivity contribution in [1.29, 1.82) is 0 Å². The van der Waals surface area contributed by atoms with Crippen LogP contribution >= 0.6 is 15.9 Å². The number of alkyl halides is 1. The molecule has 0 heterocycles. The molecule has 2 aromatic rings. The number of rotatable bonds is 8. The molecule has 0 saturated carbocycles. The molecular weight excluding hydrogens is 362 g/mol. The Morgan fingerprint density at radius 3 is 2.04 bits per heavy atom. The highest BCUT2D eigenvalue weighted by Crippen LogP contribution is 2.23. The molecule has 0 aliphatic heterocycles. The summed E-state index contributed by atoms with van der Waals surface area (Å²) in [4.78, 5) is 10.1. The monoisotopic (exact) mass is 377 g/mol. The predicted molar refractivity (Wildman–Crippen MR) is 92.2 cm³/mol. The molecule has 0 bridgehead atoms. The van der Waals surface area contributed by atoms with Gasteiger partial charge in [-0.05, 0) is 49.2 Å². The minimum atomic E-state index is -0.447. The summed E-state index contributed by atoms with van der Waals surface area (Å²) in [5, 5.41) is 19.7. The maximum Gasteiger partial charge on any atom is 0.269 e. The van der Waals surface area contributed by atoms with Crippen molar-refractivity contribution in [2.24, 2.45) is 10.2 Å². The quantitative estimate of drug-likeness (QED) is 0.198. The van der Waals surface area contributed by atoms with Crippen LogP contribution in [0.25, 0.3) is 0 Å². The molecule has 0 aliphatic carbocycles. The first-order chi connectivity index (χ1) is 11.2. The largest absolute Gasteiger partial charge is 0.494 e. The number of nitro groups is 1. The molecule has 0 N–H and O–H groups in total. The average Bonchev–Trinajstić information content (AvgIpc) is 2.58. The van der Waals surface area contributed by atoms with Gasteiger partial charge in [0.2, 0.25) is 0 Å². The minimum absolute atomic E-state index is 0.0327. The Hall–Kier alpha value is -2.28. The molecule has 0 saturated heterocycles. The molecule has 0 aliphatic rings. The summed E-state index contributed by atoms with van der Waals surface area (Å²) in [5.41, 5.74) is 1.28. The molecule has 0 atom stereocenters. The Kier molecular flexibility index (Phi) is 6.68. The molecule has 0 aromatic heterocycles. The summed E-state index contributed by atoms with van der Waals surface area (Å²) in [6, 6.07) is 13.2. The summed E-state index contributed by atoms with van der Waals surface area (Å²) in [6.07, 6.45) is 2.09. The van der Waals surface area contributed by atoms with Gasteiger partial charge in [0.05, 0.1) is 22.9 Å². The number of nitro benzene ring substituents is 1. The highest BCUT2D eigenvalue weighted by Gasteiger charge is 2.03. The van der Waals surface area contributed by atoms with Gasteiger partial charge in [0, 0.05) is 17.5 Å². The van der Waals surface area contributed by atoms with E-state index in [9.17, 15) is 10.1 Å². The summed E-state index contributed by atoms with van der Waals surface area (Å²) >= 11 is 3.38. The van der Waals surface area contributed by atoms with Crippen molar-refractivity contribution in [2.45, 2.75) is 12.8 Å². The smallest absolute Gasteiger partial charge is 0.269 e. The van der Waals surface area contributed by atoms with Crippen LogP contribution < -0.4 is 4.74 Å². The van der Waals surface area contributed by atoms with Crippen molar-refractivity contribution in [1.82, 2.24) is 0 Å². The van der Waals surface area contributed by atoms with Crippen LogP contribution in [-0.4, -0.2) is 16.9 Å². The first kappa shape index (κ1) is 17.1. The fourth-order valence-corrected chi connectivity index (χ4v) is 2.15. The normalized spacial score (nSPS) is 10.8. The average molecular weight is 378 g/mol. The van der Waals surface area contributed by atoms with E-state index in [1.807, 2.05) is 24.3 Å². The Morgan fingerprint density at radius 2 is 1.52 bits per heavy atom. The molecule has 0 unspecified atom stereocenters. The fourth-order valence-electron chi connectivity index (χ4n) is 1.75. The third-order valence-corrected chi connectivity index (χ3v) is 3.54. The van der Waals surface area contributed by atoms with Crippen molar-refractivity contribution in [3.8, 4) is 5.75 Å². The van der Waals surface area contributed by atoms with Gasteiger partial charge in [-0.15, -0.1) is 0 Å². The summed E-state index contributed by atoms with van der Waals surface area (Å²) in [7, 11) is 0. The topological polar surface area (TPSA) is 77.1 Å². The van der Waals surface area contributed by atoms with E-state index in [0.29, 0.717) is 18.0 Å². The van der Waals surface area contributed by atoms with E-state index in [0.717, 1.165) is 23.9 Å². The van der Waals surface area contributed by atoms with Gasteiger partial charge in [0.1, 0.15) is 5.75 Å². The summed E-state index contributed by atoms with van der Waals surface area (Å²) < 4.78 is 5.60. The van der Waals surface area contributed by atoms with Crippen LogP contribution in [0.3, 0.4) is 0 Å². The Morgan fingerprint density at radius 1 is 0.957 bits per heavy atom. The van der Waals surface area contributed by atoms with E-state index < -0.39 is 4.92 Å². The Balaban J connectivity index is 1.90. The SMILES string of the molecule is O=[N+]([O-])c1ccc(N=Nc2ccc(OCCCCBr)cc2)cc1. The zero-order chi connectivity index (χ0) is 16.5. The molecule has 0 spiro atoms. The van der Waals surface area contributed by atoms with E-state index in [2.05, 4.69) is 26.2 Å². The van der Waals surface area contributed by atoms with Crippen LogP contribution in [0, 0.1) is 10.1 Å². The fraction of sp³-hybridized carbons (Fsp3) is 0.250. The lowest BCUT2D eigenvalue weighted by molar-refractivity contribution is -0.384. The van der Waals surface area contributed by atoms with E-state index in [1.165, 1.54) is 12.1 Å². The molecule has 2 aromatic carbocycles. The predicted octanol–water partition coefficient (Wildman–Crippen LogP) is 5.56. The molecular formula is C16H16BrN3O3. The molecule has 0 fully saturated rings. The number of nitrogens with zero attached hydrogens (tertiary/aromatic N) is 3. The van der Waals surface area contributed by atoms with Gasteiger partial charge in [-0.1, -0.05) is 15.9 Å². The van der Waals surface area contributed by atoms with Gasteiger partial charge in [0.15, 0.2) is 0 Å². The lowest BCUT2D eigenvalue weighted by Gasteiger charge is -2.05. The van der Waals surface area contributed by atoms with Gasteiger partial charge in [-0.25, -0.2) is 0 Å². The van der Waals surface area contributed by atoms with Gasteiger partial charge in [-0.3, -0.25) is 10.1 Å². The van der Waals surface area contributed by atoms with Crippen molar-refractivity contribution in [3.05, 3.63) is 58.6 Å². The minimum Gasteiger partial charge on any atom is -0.494 e. The van der Waals surface area contributed by atoms with Crippen molar-refractivity contribution in [2.75, 3.05) is 11.9 Å². The second kappa shape index (κ2) is 8.99. The second-order valence-electron chi connectivity index (χ2n) is 4.71. The molecule has 23 heavy (non-hydrogen) atoms. The third-order valence-electron chi connectivity index (χ3n) is 2.97. The first-order valence-electron chi connectivity index (χ1n) is 7.14. The van der Waals surface area contributed by atoms with Crippen LogP contribution in [0.4, 0.5) is 17.1 Å². The van der Waals surface area contributed by atoms with Crippen molar-refractivity contribution < 1.29 is 9.66 Å².